The first kappa shape index (κ1) is 14.4. The molecule has 0 unspecified atom stereocenters. The number of nitrogens with zero attached hydrogens (tertiary/aromatic N) is 1. The molecule has 3 aromatic rings. The molecule has 0 aliphatic carbocycles. The van der Waals surface area contributed by atoms with Gasteiger partial charge in [0.2, 0.25) is 0 Å². The number of carbonyl (C=O) groups excluding carboxylic acids is 1. The number of ether oxygens (including phenoxy) is 1. The lowest BCUT2D eigenvalue weighted by Gasteiger charge is -2.26. The van der Waals surface area contributed by atoms with Crippen molar-refractivity contribution in [2.45, 2.75) is 12.5 Å². The smallest absolute Gasteiger partial charge is 0.346 e. The quantitative estimate of drug-likeness (QED) is 0.752. The molecule has 4 rings (SSSR count). The van der Waals surface area contributed by atoms with Crippen molar-refractivity contribution >= 4 is 16.8 Å². The van der Waals surface area contributed by atoms with Gasteiger partial charge in [-0.25, -0.2) is 4.79 Å². The van der Waals surface area contributed by atoms with E-state index in [0.29, 0.717) is 23.9 Å². The van der Waals surface area contributed by atoms with Crippen molar-refractivity contribution in [3.8, 4) is 5.75 Å². The summed E-state index contributed by atoms with van der Waals surface area (Å²) in [6.07, 6.45) is 0.684. The number of aromatic amines is 1. The average Bonchev–Trinajstić information content (AvgIpc) is 2.60. The summed E-state index contributed by atoms with van der Waals surface area (Å²) in [6, 6.07) is 14.7. The molecule has 0 bridgehead atoms. The number of carbonyl (C=O) groups is 1. The first-order valence-corrected chi connectivity index (χ1v) is 7.71. The summed E-state index contributed by atoms with van der Waals surface area (Å²) >= 11 is 0. The number of fused-ring (bicyclic) bond motifs is 2. The molecule has 2 N–H and O–H groups in total. The van der Waals surface area contributed by atoms with Crippen LogP contribution in [0, 0.1) is 0 Å². The highest BCUT2D eigenvalue weighted by molar-refractivity contribution is 6.04. The Kier molecular flexibility index (Phi) is 3.49. The largest absolute Gasteiger partial charge is 0.491 e. The van der Waals surface area contributed by atoms with Crippen LogP contribution in [0.1, 0.15) is 16.1 Å². The highest BCUT2D eigenvalue weighted by atomic mass is 16.5. The molecule has 0 radical (unpaired) electrons. The van der Waals surface area contributed by atoms with Crippen molar-refractivity contribution < 1.29 is 9.53 Å². The van der Waals surface area contributed by atoms with Crippen LogP contribution in [0.4, 0.5) is 0 Å². The molecule has 0 fully saturated rings. The highest BCUT2D eigenvalue weighted by Crippen LogP contribution is 2.24. The number of benzene rings is 2. The second-order valence-corrected chi connectivity index (χ2v) is 5.73. The molecule has 6 nitrogen and oxygen atoms in total. The first-order chi connectivity index (χ1) is 11.7. The Morgan fingerprint density at radius 2 is 1.96 bits per heavy atom. The average molecular weight is 321 g/mol. The zero-order chi connectivity index (χ0) is 16.5. The zero-order valence-electron chi connectivity index (χ0n) is 12.8. The lowest BCUT2D eigenvalue weighted by molar-refractivity contribution is 0.0912. The lowest BCUT2D eigenvalue weighted by Crippen LogP contribution is -2.43. The Morgan fingerprint density at radius 1 is 1.17 bits per heavy atom. The molecular weight excluding hydrogens is 306 g/mol. The molecule has 2 heterocycles. The predicted octanol–water partition coefficient (Wildman–Crippen LogP) is 1.66. The van der Waals surface area contributed by atoms with E-state index in [9.17, 15) is 9.59 Å². The third-order valence-corrected chi connectivity index (χ3v) is 4.07. The van der Waals surface area contributed by atoms with E-state index in [2.05, 4.69) is 15.3 Å². The summed E-state index contributed by atoms with van der Waals surface area (Å²) in [5.74, 6) is 0.480. The lowest BCUT2D eigenvalue weighted by atomic mass is 10.0. The molecule has 2 aromatic carbocycles. The van der Waals surface area contributed by atoms with Crippen molar-refractivity contribution in [1.29, 1.82) is 0 Å². The van der Waals surface area contributed by atoms with Crippen molar-refractivity contribution in [1.82, 2.24) is 15.3 Å². The number of nitrogens with one attached hydrogen (secondary N) is 2. The van der Waals surface area contributed by atoms with E-state index in [4.69, 9.17) is 4.74 Å². The molecule has 0 saturated heterocycles. The third-order valence-electron chi connectivity index (χ3n) is 4.07. The Balaban J connectivity index is 1.61. The van der Waals surface area contributed by atoms with Crippen molar-refractivity contribution in [3.05, 3.63) is 70.3 Å². The minimum absolute atomic E-state index is 0.133. The van der Waals surface area contributed by atoms with Crippen LogP contribution in [-0.4, -0.2) is 28.5 Å². The fourth-order valence-corrected chi connectivity index (χ4v) is 2.95. The summed E-state index contributed by atoms with van der Waals surface area (Å²) in [5.41, 5.74) is 1.24. The maximum atomic E-state index is 12.6. The number of H-pyrrole nitrogens is 1. The second kappa shape index (κ2) is 5.81. The minimum atomic E-state index is -0.538. The van der Waals surface area contributed by atoms with Gasteiger partial charge in [-0.1, -0.05) is 36.4 Å². The fourth-order valence-electron chi connectivity index (χ4n) is 2.95. The van der Waals surface area contributed by atoms with Gasteiger partial charge >= 0.3 is 5.69 Å². The van der Waals surface area contributed by atoms with Crippen molar-refractivity contribution in [2.24, 2.45) is 0 Å². The van der Waals surface area contributed by atoms with Crippen molar-refractivity contribution in [3.63, 3.8) is 0 Å². The molecule has 0 spiro atoms. The molecule has 1 amide bonds. The molecule has 6 heteroatoms. The predicted molar refractivity (Wildman–Crippen MR) is 89.3 cm³/mol. The fraction of sp³-hybridized carbons (Fsp3) is 0.167. The van der Waals surface area contributed by atoms with E-state index in [1.165, 1.54) is 0 Å². The number of aromatic nitrogens is 2. The summed E-state index contributed by atoms with van der Waals surface area (Å²) < 4.78 is 5.68. The third kappa shape index (κ3) is 2.62. The van der Waals surface area contributed by atoms with Gasteiger partial charge in [0.15, 0.2) is 0 Å². The van der Waals surface area contributed by atoms with Gasteiger partial charge in [-0.3, -0.25) is 4.79 Å². The summed E-state index contributed by atoms with van der Waals surface area (Å²) in [7, 11) is 0. The number of para-hydroxylation sites is 2. The number of hydrogen-bond acceptors (Lipinski definition) is 4. The molecule has 1 aliphatic heterocycles. The van der Waals surface area contributed by atoms with Crippen LogP contribution >= 0.6 is 0 Å². The molecule has 1 aromatic heterocycles. The van der Waals surface area contributed by atoms with Crippen LogP contribution in [0.5, 0.6) is 5.75 Å². The van der Waals surface area contributed by atoms with E-state index in [-0.39, 0.29) is 17.6 Å². The second-order valence-electron chi connectivity index (χ2n) is 5.73. The summed E-state index contributed by atoms with van der Waals surface area (Å²) in [5, 5.41) is 3.53. The minimum Gasteiger partial charge on any atom is -0.491 e. The van der Waals surface area contributed by atoms with Gasteiger partial charge in [0.05, 0.1) is 11.6 Å². The maximum Gasteiger partial charge on any atom is 0.346 e. The van der Waals surface area contributed by atoms with Crippen LogP contribution in [0.25, 0.3) is 10.9 Å². The highest BCUT2D eigenvalue weighted by Gasteiger charge is 2.23. The van der Waals surface area contributed by atoms with Gasteiger partial charge in [-0.2, -0.15) is 4.98 Å². The summed E-state index contributed by atoms with van der Waals surface area (Å²) in [6.45, 7) is 0.393. The van der Waals surface area contributed by atoms with E-state index in [0.717, 1.165) is 11.3 Å². The van der Waals surface area contributed by atoms with Crippen LogP contribution in [0.15, 0.2) is 53.3 Å². The monoisotopic (exact) mass is 321 g/mol. The van der Waals surface area contributed by atoms with E-state index < -0.39 is 5.69 Å². The molecule has 1 atom stereocenters. The molecule has 120 valence electrons. The van der Waals surface area contributed by atoms with Crippen molar-refractivity contribution in [2.75, 3.05) is 6.61 Å². The normalized spacial score (nSPS) is 16.2. The van der Waals surface area contributed by atoms with E-state index in [1.807, 2.05) is 24.3 Å². The van der Waals surface area contributed by atoms with Gasteiger partial charge in [-0.05, 0) is 24.1 Å². The van der Waals surface area contributed by atoms with Crippen LogP contribution in [0.3, 0.4) is 0 Å². The summed E-state index contributed by atoms with van der Waals surface area (Å²) in [4.78, 5) is 30.8. The van der Waals surface area contributed by atoms with Gasteiger partial charge in [0.1, 0.15) is 18.1 Å². The van der Waals surface area contributed by atoms with E-state index in [1.54, 1.807) is 24.3 Å². The Morgan fingerprint density at radius 3 is 2.88 bits per heavy atom. The van der Waals surface area contributed by atoms with E-state index >= 15 is 0 Å². The first-order valence-electron chi connectivity index (χ1n) is 7.71. The topological polar surface area (TPSA) is 84.1 Å². The van der Waals surface area contributed by atoms with Crippen LogP contribution < -0.4 is 15.7 Å². The SMILES string of the molecule is O=C(N[C@H]1COc2ccccc2C1)c1nc(=O)[nH]c2ccccc12. The van der Waals surface area contributed by atoms with Gasteiger partial charge in [0.25, 0.3) is 5.91 Å². The Labute approximate surface area is 137 Å². The Hall–Kier alpha value is -3.15. The van der Waals surface area contributed by atoms with Crippen LogP contribution in [0.2, 0.25) is 0 Å². The standard InChI is InChI=1S/C18H15N3O3/c22-17(16-13-6-2-3-7-14(13)20-18(23)21-16)19-12-9-11-5-1-4-8-15(11)24-10-12/h1-8,12H,9-10H2,(H,19,22)(H,20,21,23)/t12-/m1/s1. The van der Waals surface area contributed by atoms with Gasteiger partial charge in [-0.15, -0.1) is 0 Å². The molecule has 0 saturated carbocycles. The van der Waals surface area contributed by atoms with Crippen LogP contribution in [-0.2, 0) is 6.42 Å². The molecular formula is C18H15N3O3. The number of amides is 1. The number of rotatable bonds is 2. The zero-order valence-corrected chi connectivity index (χ0v) is 12.8. The number of hydrogen-bond donors (Lipinski definition) is 2. The maximum absolute atomic E-state index is 12.6. The molecule has 1 aliphatic rings. The molecule has 24 heavy (non-hydrogen) atoms. The van der Waals surface area contributed by atoms with Gasteiger partial charge in [0, 0.05) is 5.39 Å². The Bertz CT molecular complexity index is 980. The van der Waals surface area contributed by atoms with Gasteiger partial charge < -0.3 is 15.0 Å².